The first-order chi connectivity index (χ1) is 13.2. The van der Waals surface area contributed by atoms with Crippen LogP contribution in [0.4, 0.5) is 9.52 Å². The maximum absolute atomic E-state index is 13.1. The average molecular weight is 389 g/mol. The van der Waals surface area contributed by atoms with E-state index in [0.29, 0.717) is 17.6 Å². The molecule has 144 valence electrons. The summed E-state index contributed by atoms with van der Waals surface area (Å²) in [5.74, 6) is 0.333. The van der Waals surface area contributed by atoms with Crippen LogP contribution in [-0.4, -0.2) is 41.5 Å². The summed E-state index contributed by atoms with van der Waals surface area (Å²) in [4.78, 5) is 20.7. The lowest BCUT2D eigenvalue weighted by molar-refractivity contribution is -0.120. The second kappa shape index (κ2) is 8.46. The van der Waals surface area contributed by atoms with Crippen molar-refractivity contribution < 1.29 is 9.18 Å². The van der Waals surface area contributed by atoms with Crippen molar-refractivity contribution in [3.8, 4) is 0 Å². The minimum Gasteiger partial charge on any atom is -0.317 e. The first kappa shape index (κ1) is 18.5. The van der Waals surface area contributed by atoms with Gasteiger partial charge in [-0.15, -0.1) is 11.3 Å². The van der Waals surface area contributed by atoms with Gasteiger partial charge in [-0.2, -0.15) is 0 Å². The fourth-order valence-electron chi connectivity index (χ4n) is 3.96. The highest BCUT2D eigenvalue weighted by molar-refractivity contribution is 7.15. The summed E-state index contributed by atoms with van der Waals surface area (Å²) in [6.07, 6.45) is 6.02. The normalized spacial score (nSPS) is 21.4. The Morgan fingerprint density at radius 1 is 1.26 bits per heavy atom. The van der Waals surface area contributed by atoms with Gasteiger partial charge in [0.2, 0.25) is 5.91 Å². The number of anilines is 1. The zero-order chi connectivity index (χ0) is 18.6. The van der Waals surface area contributed by atoms with Crippen molar-refractivity contribution >= 4 is 22.4 Å². The molecule has 1 amide bonds. The number of carbonyl (C=O) groups is 1. The van der Waals surface area contributed by atoms with Gasteiger partial charge in [0.1, 0.15) is 5.82 Å². The molecule has 2 aromatic rings. The average Bonchev–Trinajstić information content (AvgIpc) is 3.34. The van der Waals surface area contributed by atoms with Crippen molar-refractivity contribution in [2.24, 2.45) is 0 Å². The van der Waals surface area contributed by atoms with Crippen molar-refractivity contribution in [3.63, 3.8) is 0 Å². The molecule has 1 unspecified atom stereocenters. The molecule has 2 aliphatic heterocycles. The summed E-state index contributed by atoms with van der Waals surface area (Å²) < 4.78 is 13.1. The van der Waals surface area contributed by atoms with Crippen molar-refractivity contribution in [3.05, 3.63) is 46.7 Å². The second-order valence-electron chi connectivity index (χ2n) is 7.34. The van der Waals surface area contributed by atoms with E-state index in [1.54, 1.807) is 23.5 Å². The highest BCUT2D eigenvalue weighted by Gasteiger charge is 2.31. The molecule has 3 heterocycles. The smallest absolute Gasteiger partial charge is 0.243 e. The molecule has 2 N–H and O–H groups in total. The molecule has 4 rings (SSSR count). The van der Waals surface area contributed by atoms with E-state index in [2.05, 4.69) is 20.5 Å². The number of carbonyl (C=O) groups excluding carboxylic acids is 1. The summed E-state index contributed by atoms with van der Waals surface area (Å²) >= 11 is 1.60. The van der Waals surface area contributed by atoms with Gasteiger partial charge in [-0.05, 0) is 68.9 Å². The van der Waals surface area contributed by atoms with Crippen LogP contribution >= 0.6 is 11.3 Å². The lowest BCUT2D eigenvalue weighted by atomic mass is 9.97. The summed E-state index contributed by atoms with van der Waals surface area (Å²) in [6, 6.07) is 6.36. The molecular formula is C20H25FN4OS. The molecule has 7 heteroatoms. The van der Waals surface area contributed by atoms with E-state index in [-0.39, 0.29) is 17.8 Å². The third-order valence-electron chi connectivity index (χ3n) is 5.46. The Morgan fingerprint density at radius 3 is 2.81 bits per heavy atom. The molecule has 2 aliphatic rings. The molecular weight excluding hydrogens is 363 g/mol. The Hall–Kier alpha value is -1.83. The van der Waals surface area contributed by atoms with Gasteiger partial charge in [0, 0.05) is 17.6 Å². The predicted molar refractivity (Wildman–Crippen MR) is 105 cm³/mol. The van der Waals surface area contributed by atoms with E-state index in [1.165, 1.54) is 17.0 Å². The molecule has 0 radical (unpaired) electrons. The highest BCUT2D eigenvalue weighted by atomic mass is 32.1. The van der Waals surface area contributed by atoms with Gasteiger partial charge in [-0.3, -0.25) is 9.69 Å². The molecule has 1 atom stereocenters. The number of piperidine rings is 1. The Bertz CT molecular complexity index is 773. The Morgan fingerprint density at radius 2 is 2.04 bits per heavy atom. The quantitative estimate of drug-likeness (QED) is 0.825. The van der Waals surface area contributed by atoms with Gasteiger partial charge in [0.25, 0.3) is 0 Å². The van der Waals surface area contributed by atoms with Gasteiger partial charge in [0.15, 0.2) is 5.13 Å². The first-order valence-corrected chi connectivity index (χ1v) is 10.5. The molecule has 0 spiro atoms. The van der Waals surface area contributed by atoms with Gasteiger partial charge in [0.05, 0.1) is 6.04 Å². The predicted octanol–water partition coefficient (Wildman–Crippen LogP) is 3.35. The molecule has 2 fully saturated rings. The lowest BCUT2D eigenvalue weighted by Crippen LogP contribution is -2.39. The minimum atomic E-state index is -0.234. The van der Waals surface area contributed by atoms with E-state index in [9.17, 15) is 9.18 Å². The minimum absolute atomic E-state index is 0.0147. The Kier molecular flexibility index (Phi) is 5.80. The largest absolute Gasteiger partial charge is 0.317 e. The second-order valence-corrected chi connectivity index (χ2v) is 8.40. The van der Waals surface area contributed by atoms with Crippen LogP contribution in [0.2, 0.25) is 0 Å². The van der Waals surface area contributed by atoms with Crippen LogP contribution in [0.15, 0.2) is 30.5 Å². The lowest BCUT2D eigenvalue weighted by Gasteiger charge is -2.23. The van der Waals surface area contributed by atoms with Crippen LogP contribution in [-0.2, 0) is 11.3 Å². The number of hydrogen-bond donors (Lipinski definition) is 2. The number of aromatic nitrogens is 1. The molecule has 0 bridgehead atoms. The Labute approximate surface area is 163 Å². The number of rotatable bonds is 5. The van der Waals surface area contributed by atoms with E-state index in [0.717, 1.165) is 50.9 Å². The van der Waals surface area contributed by atoms with Gasteiger partial charge < -0.3 is 10.6 Å². The third-order valence-corrected chi connectivity index (χ3v) is 6.54. The van der Waals surface area contributed by atoms with Crippen LogP contribution in [0.3, 0.4) is 0 Å². The van der Waals surface area contributed by atoms with Crippen molar-refractivity contribution in [2.45, 2.75) is 44.2 Å². The molecule has 1 aromatic carbocycles. The van der Waals surface area contributed by atoms with Crippen LogP contribution in [0, 0.1) is 5.82 Å². The summed E-state index contributed by atoms with van der Waals surface area (Å²) in [6.45, 7) is 3.64. The molecule has 5 nitrogen and oxygen atoms in total. The van der Waals surface area contributed by atoms with Crippen LogP contribution in [0.25, 0.3) is 0 Å². The topological polar surface area (TPSA) is 57.3 Å². The van der Waals surface area contributed by atoms with E-state index < -0.39 is 0 Å². The first-order valence-electron chi connectivity index (χ1n) is 9.65. The van der Waals surface area contributed by atoms with Gasteiger partial charge in [-0.25, -0.2) is 9.37 Å². The SMILES string of the molecule is O=C(Nc1ncc(C2CCNCC2)s1)C1CCCN1Cc1ccc(F)cc1. The summed E-state index contributed by atoms with van der Waals surface area (Å²) in [5.41, 5.74) is 1.03. The van der Waals surface area contributed by atoms with Crippen molar-refractivity contribution in [1.82, 2.24) is 15.2 Å². The molecule has 0 aliphatic carbocycles. The number of hydrogen-bond acceptors (Lipinski definition) is 5. The van der Waals surface area contributed by atoms with Crippen LogP contribution in [0.1, 0.15) is 42.0 Å². The zero-order valence-corrected chi connectivity index (χ0v) is 16.1. The van der Waals surface area contributed by atoms with Gasteiger partial charge >= 0.3 is 0 Å². The Balaban J connectivity index is 1.37. The standard InChI is InChI=1S/C20H25FN4OS/c21-16-5-3-14(4-6-16)13-25-11-1-2-17(25)19(26)24-20-23-12-18(27-20)15-7-9-22-10-8-15/h3-6,12,15,17,22H,1-2,7-11,13H2,(H,23,24,26). The number of amides is 1. The summed E-state index contributed by atoms with van der Waals surface area (Å²) in [7, 11) is 0. The van der Waals surface area contributed by atoms with E-state index >= 15 is 0 Å². The van der Waals surface area contributed by atoms with E-state index in [4.69, 9.17) is 0 Å². The maximum atomic E-state index is 13.1. The monoisotopic (exact) mass is 388 g/mol. The van der Waals surface area contributed by atoms with E-state index in [1.807, 2.05) is 6.20 Å². The maximum Gasteiger partial charge on any atom is 0.243 e. The molecule has 0 saturated carbocycles. The summed E-state index contributed by atoms with van der Waals surface area (Å²) in [5, 5.41) is 7.09. The van der Waals surface area contributed by atoms with Crippen molar-refractivity contribution in [2.75, 3.05) is 25.0 Å². The molecule has 2 saturated heterocycles. The number of likely N-dealkylation sites (tertiary alicyclic amines) is 1. The number of benzene rings is 1. The number of nitrogens with zero attached hydrogens (tertiary/aromatic N) is 2. The molecule has 27 heavy (non-hydrogen) atoms. The number of nitrogens with one attached hydrogen (secondary N) is 2. The van der Waals surface area contributed by atoms with Gasteiger partial charge in [-0.1, -0.05) is 12.1 Å². The van der Waals surface area contributed by atoms with Crippen LogP contribution < -0.4 is 10.6 Å². The number of halogens is 1. The number of thiazole rings is 1. The fraction of sp³-hybridized carbons (Fsp3) is 0.500. The van der Waals surface area contributed by atoms with Crippen molar-refractivity contribution in [1.29, 1.82) is 0 Å². The molecule has 1 aromatic heterocycles. The van der Waals surface area contributed by atoms with Crippen LogP contribution in [0.5, 0.6) is 0 Å². The third kappa shape index (κ3) is 4.54. The highest BCUT2D eigenvalue weighted by Crippen LogP contribution is 2.32. The fourth-order valence-corrected chi connectivity index (χ4v) is 4.95. The zero-order valence-electron chi connectivity index (χ0n) is 15.3.